The number of aryl methyl sites for hydroxylation is 2. The van der Waals surface area contributed by atoms with Crippen molar-refractivity contribution >= 4 is 28.6 Å². The number of hydrogen-bond donors (Lipinski definition) is 2. The van der Waals surface area contributed by atoms with E-state index in [-0.39, 0.29) is 30.2 Å². The quantitative estimate of drug-likeness (QED) is 0.442. The summed E-state index contributed by atoms with van der Waals surface area (Å²) in [7, 11) is 0. The lowest BCUT2D eigenvalue weighted by Gasteiger charge is -2.24. The molecular formula is C24H23FN4O4. The fourth-order valence-corrected chi connectivity index (χ4v) is 4.01. The number of rotatable bonds is 6. The van der Waals surface area contributed by atoms with E-state index in [2.05, 4.69) is 15.6 Å². The van der Waals surface area contributed by atoms with Crippen LogP contribution in [0.3, 0.4) is 0 Å². The van der Waals surface area contributed by atoms with E-state index in [1.807, 2.05) is 6.07 Å². The molecule has 0 saturated carbocycles. The minimum Gasteiger partial charge on any atom is -0.352 e. The summed E-state index contributed by atoms with van der Waals surface area (Å²) >= 11 is 0. The number of carbonyl (C=O) groups is 3. The molecule has 3 amide bonds. The monoisotopic (exact) mass is 450 g/mol. The Morgan fingerprint density at radius 1 is 1.18 bits per heavy atom. The first-order chi connectivity index (χ1) is 15.8. The largest absolute Gasteiger partial charge is 0.352 e. The van der Waals surface area contributed by atoms with E-state index in [4.69, 9.17) is 0 Å². The summed E-state index contributed by atoms with van der Waals surface area (Å²) in [6.07, 6.45) is 1.68. The molecule has 1 fully saturated rings. The van der Waals surface area contributed by atoms with Crippen LogP contribution in [-0.4, -0.2) is 33.8 Å². The minimum absolute atomic E-state index is 0.171. The molecule has 3 aromatic rings. The summed E-state index contributed by atoms with van der Waals surface area (Å²) in [6, 6.07) is 9.97. The second-order valence-corrected chi connectivity index (χ2v) is 8.02. The maximum atomic E-state index is 13.2. The number of imide groups is 1. The van der Waals surface area contributed by atoms with Crippen molar-refractivity contribution in [3.05, 3.63) is 75.6 Å². The average molecular weight is 450 g/mol. The van der Waals surface area contributed by atoms with Gasteiger partial charge in [0, 0.05) is 18.5 Å². The predicted molar refractivity (Wildman–Crippen MR) is 119 cm³/mol. The van der Waals surface area contributed by atoms with Gasteiger partial charge in [-0.15, -0.1) is 0 Å². The third-order valence-corrected chi connectivity index (χ3v) is 5.70. The van der Waals surface area contributed by atoms with Gasteiger partial charge in [0.05, 0.1) is 10.9 Å². The Labute approximate surface area is 188 Å². The molecule has 1 aliphatic heterocycles. The molecule has 2 aromatic carbocycles. The lowest BCUT2D eigenvalue weighted by molar-refractivity contribution is -0.135. The van der Waals surface area contributed by atoms with Crippen LogP contribution in [-0.2, 0) is 16.0 Å². The number of fused-ring (bicyclic) bond motifs is 1. The fourth-order valence-electron chi connectivity index (χ4n) is 4.01. The fraction of sp³-hybridized carbons (Fsp3) is 0.292. The van der Waals surface area contributed by atoms with Gasteiger partial charge >= 0.3 is 0 Å². The van der Waals surface area contributed by atoms with E-state index in [0.29, 0.717) is 41.7 Å². The van der Waals surface area contributed by atoms with Crippen molar-refractivity contribution in [2.45, 2.75) is 38.6 Å². The molecule has 1 unspecified atom stereocenters. The van der Waals surface area contributed by atoms with Gasteiger partial charge in [-0.25, -0.2) is 9.37 Å². The van der Waals surface area contributed by atoms with E-state index in [1.54, 1.807) is 19.1 Å². The molecule has 4 rings (SSSR count). The highest BCUT2D eigenvalue weighted by atomic mass is 19.1. The highest BCUT2D eigenvalue weighted by molar-refractivity contribution is 5.99. The Bertz CT molecular complexity index is 1300. The molecule has 33 heavy (non-hydrogen) atoms. The molecule has 8 nitrogen and oxygen atoms in total. The van der Waals surface area contributed by atoms with Crippen molar-refractivity contribution in [1.29, 1.82) is 0 Å². The molecule has 0 radical (unpaired) electrons. The Kier molecular flexibility index (Phi) is 6.30. The van der Waals surface area contributed by atoms with Gasteiger partial charge in [0.1, 0.15) is 17.7 Å². The second-order valence-electron chi connectivity index (χ2n) is 8.02. The van der Waals surface area contributed by atoms with Gasteiger partial charge in [0.2, 0.25) is 11.8 Å². The van der Waals surface area contributed by atoms with Crippen molar-refractivity contribution < 1.29 is 18.8 Å². The second kappa shape index (κ2) is 9.32. The molecule has 1 aromatic heterocycles. The Morgan fingerprint density at radius 3 is 2.67 bits per heavy atom. The number of aromatic nitrogens is 2. The van der Waals surface area contributed by atoms with E-state index in [1.165, 1.54) is 28.8 Å². The van der Waals surface area contributed by atoms with Crippen LogP contribution < -0.4 is 16.2 Å². The molecule has 2 heterocycles. The summed E-state index contributed by atoms with van der Waals surface area (Å²) in [5, 5.41) is 5.48. The standard InChI is InChI=1S/C24H23FN4O4/c1-14-27-19-9-4-15(3-2-12-26-22(31)16-5-7-17(25)8-6-16)13-18(19)24(33)29(14)20-10-11-21(30)28-23(20)32/h4-9,13,20H,2-3,10-12H2,1H3,(H,26,31)(H,28,30,32). The van der Waals surface area contributed by atoms with Gasteiger partial charge in [-0.05, 0) is 68.1 Å². The number of amides is 3. The van der Waals surface area contributed by atoms with Crippen molar-refractivity contribution in [2.24, 2.45) is 0 Å². The molecule has 0 spiro atoms. The molecule has 9 heteroatoms. The first kappa shape index (κ1) is 22.3. The Hall–Kier alpha value is -3.88. The van der Waals surface area contributed by atoms with Gasteiger partial charge in [-0.2, -0.15) is 0 Å². The third kappa shape index (κ3) is 4.82. The minimum atomic E-state index is -0.766. The van der Waals surface area contributed by atoms with Gasteiger partial charge in [-0.1, -0.05) is 6.07 Å². The highest BCUT2D eigenvalue weighted by Gasteiger charge is 2.30. The number of benzene rings is 2. The number of nitrogens with one attached hydrogen (secondary N) is 2. The van der Waals surface area contributed by atoms with Crippen LogP contribution in [0.1, 0.15) is 47.1 Å². The van der Waals surface area contributed by atoms with Crippen molar-refractivity contribution in [3.63, 3.8) is 0 Å². The summed E-state index contributed by atoms with van der Waals surface area (Å²) in [5.74, 6) is -1.10. The van der Waals surface area contributed by atoms with E-state index in [9.17, 15) is 23.6 Å². The van der Waals surface area contributed by atoms with Crippen LogP contribution in [0.25, 0.3) is 10.9 Å². The lowest BCUT2D eigenvalue weighted by Crippen LogP contribution is -2.45. The van der Waals surface area contributed by atoms with Gasteiger partial charge in [0.15, 0.2) is 0 Å². The molecule has 0 bridgehead atoms. The highest BCUT2D eigenvalue weighted by Crippen LogP contribution is 2.20. The zero-order chi connectivity index (χ0) is 23.5. The summed E-state index contributed by atoms with van der Waals surface area (Å²) in [4.78, 5) is 53.5. The van der Waals surface area contributed by atoms with E-state index in [0.717, 1.165) is 5.56 Å². The molecule has 170 valence electrons. The summed E-state index contributed by atoms with van der Waals surface area (Å²) in [6.45, 7) is 2.09. The van der Waals surface area contributed by atoms with Crippen molar-refractivity contribution in [1.82, 2.24) is 20.2 Å². The molecule has 2 N–H and O–H groups in total. The third-order valence-electron chi connectivity index (χ3n) is 5.70. The van der Waals surface area contributed by atoms with Crippen LogP contribution in [0.5, 0.6) is 0 Å². The smallest absolute Gasteiger partial charge is 0.262 e. The number of halogens is 1. The number of nitrogens with zero attached hydrogens (tertiary/aromatic N) is 2. The molecule has 1 aliphatic rings. The van der Waals surface area contributed by atoms with Gasteiger partial charge in [-0.3, -0.25) is 29.1 Å². The average Bonchev–Trinajstić information content (AvgIpc) is 2.78. The van der Waals surface area contributed by atoms with E-state index >= 15 is 0 Å². The first-order valence-electron chi connectivity index (χ1n) is 10.7. The first-order valence-corrected chi connectivity index (χ1v) is 10.7. The molecule has 1 saturated heterocycles. The van der Waals surface area contributed by atoms with Crippen molar-refractivity contribution in [3.8, 4) is 0 Å². The van der Waals surface area contributed by atoms with Crippen LogP contribution in [0.4, 0.5) is 4.39 Å². The molecule has 1 atom stereocenters. The van der Waals surface area contributed by atoms with Gasteiger partial charge in [0.25, 0.3) is 11.5 Å². The SMILES string of the molecule is Cc1nc2ccc(CCCNC(=O)c3ccc(F)cc3)cc2c(=O)n1C1CCC(=O)NC1=O. The Morgan fingerprint density at radius 2 is 1.94 bits per heavy atom. The van der Waals surface area contributed by atoms with Crippen molar-refractivity contribution in [2.75, 3.05) is 6.54 Å². The molecule has 0 aliphatic carbocycles. The maximum Gasteiger partial charge on any atom is 0.262 e. The number of piperidine rings is 1. The van der Waals surface area contributed by atoms with E-state index < -0.39 is 17.8 Å². The normalized spacial score (nSPS) is 16.0. The topological polar surface area (TPSA) is 110 Å². The Balaban J connectivity index is 1.46. The van der Waals surface area contributed by atoms with Gasteiger partial charge < -0.3 is 5.32 Å². The summed E-state index contributed by atoms with van der Waals surface area (Å²) in [5.41, 5.74) is 1.50. The zero-order valence-electron chi connectivity index (χ0n) is 18.1. The maximum absolute atomic E-state index is 13.2. The van der Waals surface area contributed by atoms with Crippen LogP contribution in [0.2, 0.25) is 0 Å². The number of carbonyl (C=O) groups excluding carboxylic acids is 3. The predicted octanol–water partition coefficient (Wildman–Crippen LogP) is 2.18. The zero-order valence-corrected chi connectivity index (χ0v) is 18.1. The molecular weight excluding hydrogens is 427 g/mol. The van der Waals surface area contributed by atoms with Crippen LogP contribution in [0, 0.1) is 12.7 Å². The summed E-state index contributed by atoms with van der Waals surface area (Å²) < 4.78 is 14.3. The lowest BCUT2D eigenvalue weighted by atomic mass is 10.0. The van der Waals surface area contributed by atoms with Crippen LogP contribution in [0.15, 0.2) is 47.3 Å². The number of hydrogen-bond acceptors (Lipinski definition) is 5. The van der Waals surface area contributed by atoms with Crippen LogP contribution >= 0.6 is 0 Å².